The van der Waals surface area contributed by atoms with Crippen molar-refractivity contribution in [2.75, 3.05) is 6.54 Å². The van der Waals surface area contributed by atoms with Gasteiger partial charge in [-0.25, -0.2) is 4.98 Å². The number of amides is 1. The molecule has 122 valence electrons. The zero-order chi connectivity index (χ0) is 16.9. The first-order chi connectivity index (χ1) is 11.6. The van der Waals surface area contributed by atoms with Crippen LogP contribution in [0.1, 0.15) is 27.6 Å². The van der Waals surface area contributed by atoms with Gasteiger partial charge in [0.15, 0.2) is 5.82 Å². The molecule has 1 aromatic heterocycles. The van der Waals surface area contributed by atoms with E-state index in [0.29, 0.717) is 11.4 Å². The standard InChI is InChI=1S/C18H18N4O2/c1-12-5-7-13(8-6-12)16(23)10-19-18(24)15-4-2-3-14(9-15)17-20-11-21-22-17/h2-9,11,16,23H,10H2,1H3,(H,19,24)(H,20,21,22). The number of aliphatic hydroxyl groups excluding tert-OH is 1. The maximum absolute atomic E-state index is 12.3. The molecule has 1 atom stereocenters. The minimum atomic E-state index is -0.744. The van der Waals surface area contributed by atoms with Crippen molar-refractivity contribution >= 4 is 5.91 Å². The quantitative estimate of drug-likeness (QED) is 0.672. The van der Waals surface area contributed by atoms with Gasteiger partial charge in [0.25, 0.3) is 5.91 Å². The van der Waals surface area contributed by atoms with Gasteiger partial charge < -0.3 is 10.4 Å². The van der Waals surface area contributed by atoms with Gasteiger partial charge in [0.05, 0.1) is 6.10 Å². The van der Waals surface area contributed by atoms with Crippen LogP contribution in [0.2, 0.25) is 0 Å². The lowest BCUT2D eigenvalue weighted by Gasteiger charge is -2.13. The van der Waals surface area contributed by atoms with Gasteiger partial charge >= 0.3 is 0 Å². The molecule has 0 aliphatic heterocycles. The molecule has 0 aliphatic rings. The summed E-state index contributed by atoms with van der Waals surface area (Å²) in [4.78, 5) is 16.4. The molecule has 0 fully saturated rings. The molecule has 3 aromatic rings. The molecular formula is C18H18N4O2. The van der Waals surface area contributed by atoms with Gasteiger partial charge in [-0.05, 0) is 24.6 Å². The van der Waals surface area contributed by atoms with Crippen molar-refractivity contribution in [1.82, 2.24) is 20.5 Å². The first-order valence-corrected chi connectivity index (χ1v) is 7.62. The molecule has 6 heteroatoms. The molecule has 3 N–H and O–H groups in total. The Morgan fingerprint density at radius 2 is 2.04 bits per heavy atom. The van der Waals surface area contributed by atoms with Crippen molar-refractivity contribution < 1.29 is 9.90 Å². The number of aromatic amines is 1. The van der Waals surface area contributed by atoms with Crippen LogP contribution in [0.3, 0.4) is 0 Å². The Labute approximate surface area is 139 Å². The highest BCUT2D eigenvalue weighted by atomic mass is 16.3. The normalized spacial score (nSPS) is 11.9. The average Bonchev–Trinajstić information content (AvgIpc) is 3.15. The van der Waals surface area contributed by atoms with Crippen molar-refractivity contribution in [3.8, 4) is 11.4 Å². The summed E-state index contributed by atoms with van der Waals surface area (Å²) in [5, 5.41) is 19.5. The fraction of sp³-hybridized carbons (Fsp3) is 0.167. The summed E-state index contributed by atoms with van der Waals surface area (Å²) in [5.41, 5.74) is 3.18. The topological polar surface area (TPSA) is 90.9 Å². The molecule has 3 rings (SSSR count). The first kappa shape index (κ1) is 15.9. The number of hydrogen-bond acceptors (Lipinski definition) is 4. The van der Waals surface area contributed by atoms with E-state index in [4.69, 9.17) is 0 Å². The second-order valence-corrected chi connectivity index (χ2v) is 5.55. The highest BCUT2D eigenvalue weighted by molar-refractivity contribution is 5.95. The van der Waals surface area contributed by atoms with Gasteiger partial charge in [-0.3, -0.25) is 9.89 Å². The largest absolute Gasteiger partial charge is 0.387 e. The highest BCUT2D eigenvalue weighted by Gasteiger charge is 2.12. The minimum Gasteiger partial charge on any atom is -0.387 e. The van der Waals surface area contributed by atoms with Gasteiger partial charge in [0, 0.05) is 17.7 Å². The molecule has 1 unspecified atom stereocenters. The van der Waals surface area contributed by atoms with Crippen molar-refractivity contribution in [2.24, 2.45) is 0 Å². The number of aryl methyl sites for hydroxylation is 1. The molecule has 24 heavy (non-hydrogen) atoms. The van der Waals surface area contributed by atoms with Gasteiger partial charge in [-0.2, -0.15) is 5.10 Å². The van der Waals surface area contributed by atoms with Crippen molar-refractivity contribution in [3.63, 3.8) is 0 Å². The molecule has 1 heterocycles. The monoisotopic (exact) mass is 322 g/mol. The summed E-state index contributed by atoms with van der Waals surface area (Å²) >= 11 is 0. The fourth-order valence-electron chi connectivity index (χ4n) is 2.35. The Hall–Kier alpha value is -2.99. The summed E-state index contributed by atoms with van der Waals surface area (Å²) in [6.07, 6.45) is 0.673. The summed E-state index contributed by atoms with van der Waals surface area (Å²) in [5.74, 6) is 0.354. The van der Waals surface area contributed by atoms with E-state index in [9.17, 15) is 9.90 Å². The highest BCUT2D eigenvalue weighted by Crippen LogP contribution is 2.16. The summed E-state index contributed by atoms with van der Waals surface area (Å²) < 4.78 is 0. The lowest BCUT2D eigenvalue weighted by Crippen LogP contribution is -2.28. The molecule has 6 nitrogen and oxygen atoms in total. The number of benzene rings is 2. The van der Waals surface area contributed by atoms with Crippen LogP contribution in [0.15, 0.2) is 54.9 Å². The Kier molecular flexibility index (Phi) is 4.67. The van der Waals surface area contributed by atoms with Crippen LogP contribution in [0.5, 0.6) is 0 Å². The van der Waals surface area contributed by atoms with Crippen LogP contribution in [0.25, 0.3) is 11.4 Å². The van der Waals surface area contributed by atoms with E-state index in [-0.39, 0.29) is 12.5 Å². The average molecular weight is 322 g/mol. The number of rotatable bonds is 5. The number of nitrogens with one attached hydrogen (secondary N) is 2. The van der Waals surface area contributed by atoms with Crippen LogP contribution >= 0.6 is 0 Å². The SMILES string of the molecule is Cc1ccc(C(O)CNC(=O)c2cccc(-c3ncn[nH]3)c2)cc1. The van der Waals surface area contributed by atoms with E-state index in [0.717, 1.165) is 16.7 Å². The third kappa shape index (κ3) is 3.67. The number of aromatic nitrogens is 3. The van der Waals surface area contributed by atoms with E-state index >= 15 is 0 Å². The van der Waals surface area contributed by atoms with Crippen molar-refractivity contribution in [2.45, 2.75) is 13.0 Å². The third-order valence-electron chi connectivity index (χ3n) is 3.73. The lowest BCUT2D eigenvalue weighted by atomic mass is 10.1. The maximum Gasteiger partial charge on any atom is 0.251 e. The second kappa shape index (κ2) is 7.06. The smallest absolute Gasteiger partial charge is 0.251 e. The van der Waals surface area contributed by atoms with Crippen LogP contribution in [-0.4, -0.2) is 32.7 Å². The number of carbonyl (C=O) groups is 1. The van der Waals surface area contributed by atoms with E-state index in [2.05, 4.69) is 20.5 Å². The first-order valence-electron chi connectivity index (χ1n) is 7.62. The van der Waals surface area contributed by atoms with Crippen LogP contribution in [0, 0.1) is 6.92 Å². The zero-order valence-electron chi connectivity index (χ0n) is 13.2. The summed E-state index contributed by atoms with van der Waals surface area (Å²) in [6.45, 7) is 2.13. The van der Waals surface area contributed by atoms with Gasteiger partial charge in [0.1, 0.15) is 6.33 Å². The molecule has 0 saturated carbocycles. The lowest BCUT2D eigenvalue weighted by molar-refractivity contribution is 0.0916. The number of carbonyl (C=O) groups excluding carboxylic acids is 1. The second-order valence-electron chi connectivity index (χ2n) is 5.55. The predicted octanol–water partition coefficient (Wildman–Crippen LogP) is 2.24. The maximum atomic E-state index is 12.3. The number of hydrogen-bond donors (Lipinski definition) is 3. The summed E-state index contributed by atoms with van der Waals surface area (Å²) in [6, 6.07) is 14.7. The van der Waals surface area contributed by atoms with Gasteiger partial charge in [-0.1, -0.05) is 42.0 Å². The number of H-pyrrole nitrogens is 1. The van der Waals surface area contributed by atoms with E-state index in [1.54, 1.807) is 18.2 Å². The number of nitrogens with zero attached hydrogens (tertiary/aromatic N) is 2. The Balaban J connectivity index is 1.65. The minimum absolute atomic E-state index is 0.147. The Morgan fingerprint density at radius 1 is 1.25 bits per heavy atom. The molecule has 1 amide bonds. The van der Waals surface area contributed by atoms with Gasteiger partial charge in [0.2, 0.25) is 0 Å². The zero-order valence-corrected chi connectivity index (χ0v) is 13.2. The molecule has 0 spiro atoms. The van der Waals surface area contributed by atoms with Crippen molar-refractivity contribution in [1.29, 1.82) is 0 Å². The van der Waals surface area contributed by atoms with Crippen LogP contribution in [0.4, 0.5) is 0 Å². The fourth-order valence-corrected chi connectivity index (χ4v) is 2.35. The Bertz CT molecular complexity index is 813. The summed E-state index contributed by atoms with van der Waals surface area (Å²) in [7, 11) is 0. The van der Waals surface area contributed by atoms with Crippen LogP contribution < -0.4 is 5.32 Å². The third-order valence-corrected chi connectivity index (χ3v) is 3.73. The molecule has 0 saturated heterocycles. The van der Waals surface area contributed by atoms with E-state index < -0.39 is 6.10 Å². The molecule has 0 bridgehead atoms. The number of aliphatic hydroxyl groups is 1. The van der Waals surface area contributed by atoms with E-state index in [1.165, 1.54) is 6.33 Å². The predicted molar refractivity (Wildman–Crippen MR) is 90.3 cm³/mol. The molecule has 2 aromatic carbocycles. The van der Waals surface area contributed by atoms with E-state index in [1.807, 2.05) is 37.3 Å². The Morgan fingerprint density at radius 3 is 2.75 bits per heavy atom. The molecule has 0 aliphatic carbocycles. The molecule has 0 radical (unpaired) electrons. The van der Waals surface area contributed by atoms with Crippen molar-refractivity contribution in [3.05, 3.63) is 71.5 Å². The molecular weight excluding hydrogens is 304 g/mol. The van der Waals surface area contributed by atoms with Gasteiger partial charge in [-0.15, -0.1) is 0 Å². The van der Waals surface area contributed by atoms with Crippen LogP contribution in [-0.2, 0) is 0 Å².